The molecule has 1 N–H and O–H groups in total. The summed E-state index contributed by atoms with van der Waals surface area (Å²) in [6, 6.07) is 8.05. The van der Waals surface area contributed by atoms with Gasteiger partial charge in [-0.2, -0.15) is 0 Å². The largest absolute Gasteiger partial charge is 0.326 e. The van der Waals surface area contributed by atoms with Gasteiger partial charge in [0.05, 0.1) is 5.92 Å². The van der Waals surface area contributed by atoms with Crippen molar-refractivity contribution in [3.05, 3.63) is 29.8 Å². The quantitative estimate of drug-likeness (QED) is 0.889. The maximum atomic E-state index is 12.2. The number of piperidine rings is 1. The Labute approximate surface area is 109 Å². The molecule has 1 atom stereocenters. The standard InChI is InChI=1S/C15H22N2O/c1-3-12-7-4-5-9-14(12)16-15(18)13-8-6-10-17(2)11-13/h4-5,7,9,13H,3,6,8,10-11H2,1-2H3,(H,16,18). The first-order valence-corrected chi connectivity index (χ1v) is 6.78. The summed E-state index contributed by atoms with van der Waals surface area (Å²) in [5.74, 6) is 0.302. The molecule has 1 amide bonds. The first-order chi connectivity index (χ1) is 8.70. The number of para-hydroxylation sites is 1. The molecule has 0 saturated carbocycles. The minimum Gasteiger partial charge on any atom is -0.326 e. The zero-order chi connectivity index (χ0) is 13.0. The highest BCUT2D eigenvalue weighted by atomic mass is 16.1. The number of benzene rings is 1. The number of nitrogens with one attached hydrogen (secondary N) is 1. The second-order valence-corrected chi connectivity index (χ2v) is 5.10. The summed E-state index contributed by atoms with van der Waals surface area (Å²) in [4.78, 5) is 14.5. The van der Waals surface area contributed by atoms with Crippen LogP contribution < -0.4 is 5.32 Å². The molecule has 98 valence electrons. The fourth-order valence-electron chi connectivity index (χ4n) is 2.57. The van der Waals surface area contributed by atoms with Crippen molar-refractivity contribution in [3.8, 4) is 0 Å². The Morgan fingerprint density at radius 1 is 1.44 bits per heavy atom. The Bertz CT molecular complexity index is 417. The fraction of sp³-hybridized carbons (Fsp3) is 0.533. The molecule has 0 aromatic heterocycles. The average Bonchev–Trinajstić information content (AvgIpc) is 2.39. The monoisotopic (exact) mass is 246 g/mol. The molecule has 1 aliphatic rings. The van der Waals surface area contributed by atoms with Crippen LogP contribution in [0.5, 0.6) is 0 Å². The number of carbonyl (C=O) groups excluding carboxylic acids is 1. The number of anilines is 1. The van der Waals surface area contributed by atoms with Crippen molar-refractivity contribution in [2.45, 2.75) is 26.2 Å². The molecule has 1 heterocycles. The van der Waals surface area contributed by atoms with Gasteiger partial charge in [0.15, 0.2) is 0 Å². The van der Waals surface area contributed by atoms with Gasteiger partial charge in [-0.05, 0) is 44.5 Å². The minimum atomic E-state index is 0.133. The normalized spacial score (nSPS) is 20.7. The van der Waals surface area contributed by atoms with Gasteiger partial charge in [0.25, 0.3) is 0 Å². The minimum absolute atomic E-state index is 0.133. The van der Waals surface area contributed by atoms with E-state index in [0.29, 0.717) is 0 Å². The summed E-state index contributed by atoms with van der Waals surface area (Å²) in [6.07, 6.45) is 3.06. The van der Waals surface area contributed by atoms with Crippen LogP contribution in [0.3, 0.4) is 0 Å². The van der Waals surface area contributed by atoms with Crippen LogP contribution in [0.25, 0.3) is 0 Å². The van der Waals surface area contributed by atoms with Gasteiger partial charge >= 0.3 is 0 Å². The molecule has 0 bridgehead atoms. The molecule has 0 radical (unpaired) electrons. The molecular weight excluding hydrogens is 224 g/mol. The van der Waals surface area contributed by atoms with E-state index in [0.717, 1.165) is 38.0 Å². The number of aryl methyl sites for hydroxylation is 1. The number of likely N-dealkylation sites (tertiary alicyclic amines) is 1. The van der Waals surface area contributed by atoms with Crippen molar-refractivity contribution in [3.63, 3.8) is 0 Å². The average molecular weight is 246 g/mol. The van der Waals surface area contributed by atoms with E-state index in [2.05, 4.69) is 30.3 Å². The topological polar surface area (TPSA) is 32.3 Å². The van der Waals surface area contributed by atoms with Crippen molar-refractivity contribution in [2.24, 2.45) is 5.92 Å². The molecular formula is C15H22N2O. The maximum absolute atomic E-state index is 12.2. The Morgan fingerprint density at radius 3 is 2.94 bits per heavy atom. The van der Waals surface area contributed by atoms with E-state index >= 15 is 0 Å². The molecule has 3 nitrogen and oxygen atoms in total. The highest BCUT2D eigenvalue weighted by Crippen LogP contribution is 2.20. The maximum Gasteiger partial charge on any atom is 0.228 e. The van der Waals surface area contributed by atoms with Gasteiger partial charge < -0.3 is 10.2 Å². The summed E-state index contributed by atoms with van der Waals surface area (Å²) >= 11 is 0. The Balaban J connectivity index is 2.02. The van der Waals surface area contributed by atoms with Crippen molar-refractivity contribution >= 4 is 11.6 Å². The second-order valence-electron chi connectivity index (χ2n) is 5.10. The summed E-state index contributed by atoms with van der Waals surface area (Å²) in [6.45, 7) is 4.09. The Hall–Kier alpha value is -1.35. The summed E-state index contributed by atoms with van der Waals surface area (Å²) in [7, 11) is 2.08. The zero-order valence-corrected chi connectivity index (χ0v) is 11.3. The molecule has 0 aliphatic carbocycles. The van der Waals surface area contributed by atoms with Crippen LogP contribution in [0.1, 0.15) is 25.3 Å². The van der Waals surface area contributed by atoms with Crippen molar-refractivity contribution < 1.29 is 4.79 Å². The van der Waals surface area contributed by atoms with Crippen molar-refractivity contribution in [2.75, 3.05) is 25.5 Å². The third-order valence-electron chi connectivity index (χ3n) is 3.65. The van der Waals surface area contributed by atoms with Crippen LogP contribution in [-0.4, -0.2) is 30.9 Å². The molecule has 1 aromatic carbocycles. The molecule has 18 heavy (non-hydrogen) atoms. The smallest absolute Gasteiger partial charge is 0.228 e. The van der Waals surface area contributed by atoms with Gasteiger partial charge in [-0.3, -0.25) is 4.79 Å². The number of carbonyl (C=O) groups is 1. The lowest BCUT2D eigenvalue weighted by molar-refractivity contribution is -0.121. The van der Waals surface area contributed by atoms with Crippen LogP contribution in [0.2, 0.25) is 0 Å². The van der Waals surface area contributed by atoms with E-state index in [1.54, 1.807) is 0 Å². The fourth-order valence-corrected chi connectivity index (χ4v) is 2.57. The Morgan fingerprint density at radius 2 is 2.22 bits per heavy atom. The summed E-state index contributed by atoms with van der Waals surface area (Å²) < 4.78 is 0. The Kier molecular flexibility index (Phi) is 4.37. The number of hydrogen-bond donors (Lipinski definition) is 1. The van der Waals surface area contributed by atoms with Crippen LogP contribution in [0, 0.1) is 5.92 Å². The predicted octanol–water partition coefficient (Wildman–Crippen LogP) is 2.53. The summed E-state index contributed by atoms with van der Waals surface area (Å²) in [5, 5.41) is 3.09. The molecule has 0 spiro atoms. The first-order valence-electron chi connectivity index (χ1n) is 6.78. The van der Waals surface area contributed by atoms with Crippen LogP contribution in [0.4, 0.5) is 5.69 Å². The van der Waals surface area contributed by atoms with E-state index < -0.39 is 0 Å². The third-order valence-corrected chi connectivity index (χ3v) is 3.65. The first kappa shape index (κ1) is 13.1. The highest BCUT2D eigenvalue weighted by Gasteiger charge is 2.24. The third kappa shape index (κ3) is 3.10. The summed E-state index contributed by atoms with van der Waals surface area (Å²) in [5.41, 5.74) is 2.17. The van der Waals surface area contributed by atoms with E-state index in [1.165, 1.54) is 5.56 Å². The molecule has 1 fully saturated rings. The van der Waals surface area contributed by atoms with Crippen molar-refractivity contribution in [1.82, 2.24) is 4.90 Å². The van der Waals surface area contributed by atoms with Gasteiger partial charge in [0, 0.05) is 12.2 Å². The van der Waals surface area contributed by atoms with E-state index in [1.807, 2.05) is 18.2 Å². The SMILES string of the molecule is CCc1ccccc1NC(=O)C1CCCN(C)C1. The molecule has 1 unspecified atom stereocenters. The van der Waals surface area contributed by atoms with E-state index in [9.17, 15) is 4.79 Å². The predicted molar refractivity (Wildman–Crippen MR) is 74.7 cm³/mol. The van der Waals surface area contributed by atoms with Crippen LogP contribution >= 0.6 is 0 Å². The number of nitrogens with zero attached hydrogens (tertiary/aromatic N) is 1. The molecule has 2 rings (SSSR count). The molecule has 1 aliphatic heterocycles. The second kappa shape index (κ2) is 6.01. The lowest BCUT2D eigenvalue weighted by Crippen LogP contribution is -2.38. The molecule has 3 heteroatoms. The molecule has 1 saturated heterocycles. The van der Waals surface area contributed by atoms with Gasteiger partial charge in [0.2, 0.25) is 5.91 Å². The number of rotatable bonds is 3. The zero-order valence-electron chi connectivity index (χ0n) is 11.3. The lowest BCUT2D eigenvalue weighted by atomic mass is 9.97. The lowest BCUT2D eigenvalue weighted by Gasteiger charge is -2.28. The van der Waals surface area contributed by atoms with Gasteiger partial charge in [0.1, 0.15) is 0 Å². The highest BCUT2D eigenvalue weighted by molar-refractivity contribution is 5.93. The van der Waals surface area contributed by atoms with Crippen LogP contribution in [0.15, 0.2) is 24.3 Å². The van der Waals surface area contributed by atoms with Gasteiger partial charge in [-0.1, -0.05) is 25.1 Å². The van der Waals surface area contributed by atoms with Gasteiger partial charge in [-0.15, -0.1) is 0 Å². The van der Waals surface area contributed by atoms with Crippen LogP contribution in [-0.2, 0) is 11.2 Å². The van der Waals surface area contributed by atoms with Gasteiger partial charge in [-0.25, -0.2) is 0 Å². The van der Waals surface area contributed by atoms with E-state index in [4.69, 9.17) is 0 Å². The van der Waals surface area contributed by atoms with E-state index in [-0.39, 0.29) is 11.8 Å². The number of amides is 1. The number of hydrogen-bond acceptors (Lipinski definition) is 2. The van der Waals surface area contributed by atoms with Crippen molar-refractivity contribution in [1.29, 1.82) is 0 Å². The molecule has 1 aromatic rings.